The molecule has 4 aromatic rings. The summed E-state index contributed by atoms with van der Waals surface area (Å²) in [4.78, 5) is 22.5. The number of nitrogens with zero attached hydrogens (tertiary/aromatic N) is 5. The number of rotatable bonds is 6. The number of amides is 1. The molecule has 10 heteroatoms. The summed E-state index contributed by atoms with van der Waals surface area (Å²) in [5.74, 6) is 0.954. The number of carbonyl (C=O) groups excluding carboxylic acids is 1. The largest absolute Gasteiger partial charge is 0.495 e. The van der Waals surface area contributed by atoms with E-state index < -0.39 is 6.10 Å². The molecule has 1 atom stereocenters. The van der Waals surface area contributed by atoms with Crippen molar-refractivity contribution in [3.63, 3.8) is 0 Å². The Labute approximate surface area is 201 Å². The van der Waals surface area contributed by atoms with Gasteiger partial charge in [0.05, 0.1) is 41.4 Å². The van der Waals surface area contributed by atoms with Crippen molar-refractivity contribution >= 4 is 34.7 Å². The van der Waals surface area contributed by atoms with Gasteiger partial charge in [-0.3, -0.25) is 4.79 Å². The van der Waals surface area contributed by atoms with E-state index in [9.17, 15) is 9.90 Å². The molecule has 1 aromatic carbocycles. The summed E-state index contributed by atoms with van der Waals surface area (Å²) in [6.45, 7) is 2.63. The summed E-state index contributed by atoms with van der Waals surface area (Å²) in [6.07, 6.45) is 4.17. The van der Waals surface area contributed by atoms with Gasteiger partial charge >= 0.3 is 0 Å². The molecule has 0 aliphatic carbocycles. The van der Waals surface area contributed by atoms with Crippen LogP contribution in [0, 0.1) is 0 Å². The van der Waals surface area contributed by atoms with Crippen LogP contribution in [0.2, 0.25) is 5.02 Å². The zero-order chi connectivity index (χ0) is 23.8. The quantitative estimate of drug-likeness (QED) is 0.437. The van der Waals surface area contributed by atoms with Crippen LogP contribution >= 0.6 is 11.6 Å². The van der Waals surface area contributed by atoms with Crippen LogP contribution in [-0.4, -0.2) is 61.8 Å². The van der Waals surface area contributed by atoms with Crippen LogP contribution in [0.4, 0.5) is 11.6 Å². The molecule has 174 valence electrons. The van der Waals surface area contributed by atoms with Crippen molar-refractivity contribution in [2.24, 2.45) is 0 Å². The van der Waals surface area contributed by atoms with Gasteiger partial charge in [-0.15, -0.1) is 0 Å². The maximum atomic E-state index is 11.9. The summed E-state index contributed by atoms with van der Waals surface area (Å²) in [7, 11) is 1.60. The van der Waals surface area contributed by atoms with Gasteiger partial charge in [-0.1, -0.05) is 23.7 Å². The third-order valence-electron chi connectivity index (χ3n) is 5.92. The number of methoxy groups -OCH3 is 1. The average Bonchev–Trinajstić information content (AvgIpc) is 3.24. The van der Waals surface area contributed by atoms with Crippen molar-refractivity contribution in [1.82, 2.24) is 24.5 Å². The highest BCUT2D eigenvalue weighted by Crippen LogP contribution is 2.35. The molecular weight excluding hydrogens is 456 g/mol. The van der Waals surface area contributed by atoms with Gasteiger partial charge in [0.1, 0.15) is 11.9 Å². The van der Waals surface area contributed by atoms with Crippen molar-refractivity contribution in [2.45, 2.75) is 18.9 Å². The van der Waals surface area contributed by atoms with E-state index in [0.29, 0.717) is 41.2 Å². The highest BCUT2D eigenvalue weighted by atomic mass is 35.5. The van der Waals surface area contributed by atoms with Gasteiger partial charge in [0.25, 0.3) is 5.91 Å². The fourth-order valence-electron chi connectivity index (χ4n) is 4.05. The number of halogens is 1. The molecule has 0 spiro atoms. The topological polar surface area (TPSA) is 105 Å². The first-order valence-electron chi connectivity index (χ1n) is 10.8. The van der Waals surface area contributed by atoms with Crippen molar-refractivity contribution in [3.8, 4) is 17.0 Å². The van der Waals surface area contributed by atoms with E-state index in [-0.39, 0.29) is 11.8 Å². The number of hydrogen-bond acceptors (Lipinski definition) is 7. The van der Waals surface area contributed by atoms with Gasteiger partial charge in [-0.25, -0.2) is 14.5 Å². The van der Waals surface area contributed by atoms with E-state index in [2.05, 4.69) is 20.4 Å². The molecular formula is C24H23ClN6O3. The average molecular weight is 479 g/mol. The fraction of sp³-hybridized carbons (Fsp3) is 0.250. The molecule has 9 nitrogen and oxygen atoms in total. The molecule has 0 saturated carbocycles. The summed E-state index contributed by atoms with van der Waals surface area (Å²) in [5.41, 5.74) is 4.03. The van der Waals surface area contributed by atoms with Crippen LogP contribution < -0.4 is 10.1 Å². The second kappa shape index (κ2) is 8.92. The van der Waals surface area contributed by atoms with Crippen molar-refractivity contribution in [1.29, 1.82) is 0 Å². The minimum atomic E-state index is -0.980. The van der Waals surface area contributed by atoms with Gasteiger partial charge in [0, 0.05) is 30.8 Å². The molecule has 1 aliphatic heterocycles. The Bertz CT molecular complexity index is 1370. The minimum absolute atomic E-state index is 0.194. The minimum Gasteiger partial charge on any atom is -0.495 e. The first kappa shape index (κ1) is 22.1. The van der Waals surface area contributed by atoms with Gasteiger partial charge in [-0.2, -0.15) is 5.10 Å². The van der Waals surface area contributed by atoms with Crippen LogP contribution in [0.1, 0.15) is 18.4 Å². The van der Waals surface area contributed by atoms with Crippen LogP contribution in [0.15, 0.2) is 55.0 Å². The number of nitrogens with one attached hydrogen (secondary N) is 1. The lowest BCUT2D eigenvalue weighted by Crippen LogP contribution is -2.51. The number of fused-ring (bicyclic) bond motifs is 1. The smallest absolute Gasteiger partial charge is 0.251 e. The molecule has 5 rings (SSSR count). The Kier molecular flexibility index (Phi) is 5.80. The predicted molar refractivity (Wildman–Crippen MR) is 129 cm³/mol. The Morgan fingerprint density at radius 1 is 1.26 bits per heavy atom. The Morgan fingerprint density at radius 3 is 2.85 bits per heavy atom. The monoisotopic (exact) mass is 478 g/mol. The van der Waals surface area contributed by atoms with E-state index in [1.807, 2.05) is 42.6 Å². The lowest BCUT2D eigenvalue weighted by atomic mass is 9.90. The summed E-state index contributed by atoms with van der Waals surface area (Å²) < 4.78 is 7.36. The van der Waals surface area contributed by atoms with Crippen molar-refractivity contribution < 1.29 is 14.6 Å². The lowest BCUT2D eigenvalue weighted by molar-refractivity contribution is -0.143. The van der Waals surface area contributed by atoms with E-state index >= 15 is 0 Å². The zero-order valence-corrected chi connectivity index (χ0v) is 19.4. The Hall–Kier alpha value is -3.69. The van der Waals surface area contributed by atoms with Crippen molar-refractivity contribution in [3.05, 3.63) is 65.6 Å². The highest BCUT2D eigenvalue weighted by molar-refractivity contribution is 6.33. The molecule has 1 aliphatic rings. The molecule has 34 heavy (non-hydrogen) atoms. The molecule has 1 amide bonds. The third kappa shape index (κ3) is 4.04. The maximum absolute atomic E-state index is 11.9. The summed E-state index contributed by atoms with van der Waals surface area (Å²) in [6, 6.07) is 11.6. The van der Waals surface area contributed by atoms with Gasteiger partial charge in [0.15, 0.2) is 0 Å². The van der Waals surface area contributed by atoms with Crippen LogP contribution in [0.3, 0.4) is 0 Å². The van der Waals surface area contributed by atoms with Crippen LogP contribution in [0.25, 0.3) is 16.8 Å². The van der Waals surface area contributed by atoms with Crippen LogP contribution in [0.5, 0.6) is 5.75 Å². The second-order valence-corrected chi connectivity index (χ2v) is 8.59. The van der Waals surface area contributed by atoms with Gasteiger partial charge in [-0.05, 0) is 36.8 Å². The number of likely N-dealkylation sites (tertiary alicyclic amines) is 1. The predicted octanol–water partition coefficient (Wildman–Crippen LogP) is 3.50. The lowest BCUT2D eigenvalue weighted by Gasteiger charge is -2.40. The van der Waals surface area contributed by atoms with E-state index in [1.165, 1.54) is 6.92 Å². The molecule has 0 bridgehead atoms. The summed E-state index contributed by atoms with van der Waals surface area (Å²) in [5, 5.41) is 17.5. The number of anilines is 2. The van der Waals surface area contributed by atoms with E-state index in [4.69, 9.17) is 16.3 Å². The standard InChI is InChI=1S/C24H23ClN6O3/c1-14(32)23(33)30-12-16(13-30)15-6-7-19(21(9-15)34-2)28-24-26-11-18(25)22(29-24)17-10-27-31-8-4-3-5-20(17)31/h3-11,14,16,32H,12-13H2,1-2H3,(H,26,28,29). The molecule has 1 saturated heterocycles. The number of benzene rings is 1. The van der Waals surface area contributed by atoms with Crippen LogP contribution in [-0.2, 0) is 4.79 Å². The molecule has 1 fully saturated rings. The number of hydrogen-bond donors (Lipinski definition) is 2. The van der Waals surface area contributed by atoms with Gasteiger partial charge in [0.2, 0.25) is 5.95 Å². The molecule has 4 heterocycles. The second-order valence-electron chi connectivity index (χ2n) is 8.18. The highest BCUT2D eigenvalue weighted by Gasteiger charge is 2.33. The third-order valence-corrected chi connectivity index (χ3v) is 6.20. The Morgan fingerprint density at radius 2 is 2.09 bits per heavy atom. The summed E-state index contributed by atoms with van der Waals surface area (Å²) >= 11 is 6.42. The number of aromatic nitrogens is 4. The van der Waals surface area contributed by atoms with Gasteiger partial charge < -0.3 is 20.1 Å². The number of pyridine rings is 1. The van der Waals surface area contributed by atoms with E-state index in [0.717, 1.165) is 16.6 Å². The zero-order valence-electron chi connectivity index (χ0n) is 18.6. The number of carbonyl (C=O) groups is 1. The first-order valence-corrected chi connectivity index (χ1v) is 11.2. The van der Waals surface area contributed by atoms with Crippen molar-refractivity contribution in [2.75, 3.05) is 25.5 Å². The Balaban J connectivity index is 1.38. The SMILES string of the molecule is COc1cc(C2CN(C(=O)C(C)O)C2)ccc1Nc1ncc(Cl)c(-c2cnn3ccccc23)n1. The number of aliphatic hydroxyl groups excluding tert-OH is 1. The number of aliphatic hydroxyl groups is 1. The molecule has 0 radical (unpaired) electrons. The number of ether oxygens (including phenoxy) is 1. The fourth-order valence-corrected chi connectivity index (χ4v) is 4.25. The van der Waals surface area contributed by atoms with E-state index in [1.54, 1.807) is 28.9 Å². The molecule has 3 aromatic heterocycles. The maximum Gasteiger partial charge on any atom is 0.251 e. The normalized spacial score (nSPS) is 14.6. The first-order chi connectivity index (χ1) is 16.4. The molecule has 1 unspecified atom stereocenters. The molecule has 2 N–H and O–H groups in total.